The van der Waals surface area contributed by atoms with Crippen LogP contribution in [0.15, 0.2) is 72.8 Å². The highest BCUT2D eigenvalue weighted by Gasteiger charge is 2.32. The Morgan fingerprint density at radius 1 is 0.822 bits per heavy atom. The molecular formula is C35H41N3O7. The van der Waals surface area contributed by atoms with Gasteiger partial charge in [-0.05, 0) is 47.7 Å². The summed E-state index contributed by atoms with van der Waals surface area (Å²) in [6.45, 7) is 1.12. The van der Waals surface area contributed by atoms with Crippen LogP contribution in [0.3, 0.4) is 0 Å². The molecule has 10 heteroatoms. The predicted molar refractivity (Wildman–Crippen MR) is 169 cm³/mol. The third-order valence-corrected chi connectivity index (χ3v) is 7.88. The van der Waals surface area contributed by atoms with E-state index in [0.717, 1.165) is 48.4 Å². The lowest BCUT2D eigenvalue weighted by Crippen LogP contribution is -2.56. The lowest BCUT2D eigenvalue weighted by Gasteiger charge is -2.28. The molecule has 3 aromatic carbocycles. The van der Waals surface area contributed by atoms with Gasteiger partial charge in [-0.2, -0.15) is 0 Å². The van der Waals surface area contributed by atoms with Gasteiger partial charge >= 0.3 is 5.97 Å². The molecule has 3 amide bonds. The van der Waals surface area contributed by atoms with Gasteiger partial charge in [0.05, 0.1) is 19.8 Å². The van der Waals surface area contributed by atoms with E-state index in [0.29, 0.717) is 12.0 Å². The number of rotatable bonds is 15. The van der Waals surface area contributed by atoms with Crippen LogP contribution >= 0.6 is 0 Å². The van der Waals surface area contributed by atoms with Crippen LogP contribution in [0.2, 0.25) is 0 Å². The number of Topliss-reactive ketones (excluding diaryl/α,β-unsaturated/α-hetero) is 1. The van der Waals surface area contributed by atoms with Crippen molar-refractivity contribution in [3.05, 3.63) is 83.9 Å². The molecule has 0 saturated heterocycles. The molecule has 3 N–H and O–H groups in total. The van der Waals surface area contributed by atoms with Crippen molar-refractivity contribution in [3.63, 3.8) is 0 Å². The van der Waals surface area contributed by atoms with E-state index in [4.69, 9.17) is 9.47 Å². The van der Waals surface area contributed by atoms with Crippen molar-refractivity contribution >= 4 is 40.2 Å². The molecule has 1 fully saturated rings. The normalized spacial score (nSPS) is 14.6. The number of hydrogen-bond donors (Lipinski definition) is 3. The number of esters is 1. The van der Waals surface area contributed by atoms with Crippen LogP contribution in [0.1, 0.15) is 61.4 Å². The molecule has 0 aromatic heterocycles. The Morgan fingerprint density at radius 3 is 2.27 bits per heavy atom. The zero-order valence-electron chi connectivity index (χ0n) is 25.6. The fraction of sp³-hybridized carbons (Fsp3) is 0.400. The smallest absolute Gasteiger partial charge is 0.325 e. The van der Waals surface area contributed by atoms with Gasteiger partial charge in [-0.25, -0.2) is 0 Å². The Hall–Kier alpha value is -4.57. The van der Waals surface area contributed by atoms with E-state index in [1.54, 1.807) is 19.1 Å². The molecule has 1 saturated carbocycles. The average Bonchev–Trinajstić information content (AvgIpc) is 3.06. The SMILES string of the molecule is CCOC(=O)CNC(=O)C(=O)[C@H](COCc1ccccc1)NC(=O)[C@H](CC1CCCCC1)NC(=O)c1ccc2ccccc2c1. The Bertz CT molecular complexity index is 1470. The molecule has 0 heterocycles. The summed E-state index contributed by atoms with van der Waals surface area (Å²) in [6.07, 6.45) is 5.50. The number of benzene rings is 3. The van der Waals surface area contributed by atoms with Crippen LogP contribution in [0.25, 0.3) is 10.8 Å². The van der Waals surface area contributed by atoms with E-state index < -0.39 is 48.1 Å². The van der Waals surface area contributed by atoms with Crippen molar-refractivity contribution < 1.29 is 33.4 Å². The van der Waals surface area contributed by atoms with Crippen molar-refractivity contribution in [2.24, 2.45) is 5.92 Å². The van der Waals surface area contributed by atoms with Crippen molar-refractivity contribution in [2.45, 2.75) is 64.1 Å². The van der Waals surface area contributed by atoms with Crippen LogP contribution in [0.4, 0.5) is 0 Å². The number of fused-ring (bicyclic) bond motifs is 1. The first-order valence-electron chi connectivity index (χ1n) is 15.5. The topological polar surface area (TPSA) is 140 Å². The summed E-state index contributed by atoms with van der Waals surface area (Å²) in [5.74, 6) is -3.49. The molecule has 0 spiro atoms. The van der Waals surface area contributed by atoms with Gasteiger partial charge in [0.15, 0.2) is 0 Å². The number of ketones is 1. The lowest BCUT2D eigenvalue weighted by molar-refractivity contribution is -0.146. The van der Waals surface area contributed by atoms with Crippen LogP contribution in [-0.4, -0.2) is 61.3 Å². The number of carbonyl (C=O) groups excluding carboxylic acids is 5. The molecule has 238 valence electrons. The van der Waals surface area contributed by atoms with Crippen LogP contribution < -0.4 is 16.0 Å². The minimum absolute atomic E-state index is 0.127. The molecule has 1 aliphatic rings. The molecular weight excluding hydrogens is 574 g/mol. The van der Waals surface area contributed by atoms with Crippen molar-refractivity contribution in [2.75, 3.05) is 19.8 Å². The predicted octanol–water partition coefficient (Wildman–Crippen LogP) is 3.86. The molecule has 0 aliphatic heterocycles. The Morgan fingerprint density at radius 2 is 1.53 bits per heavy atom. The molecule has 45 heavy (non-hydrogen) atoms. The number of carbonyl (C=O) groups is 5. The first-order chi connectivity index (χ1) is 21.8. The maximum absolute atomic E-state index is 13.8. The highest BCUT2D eigenvalue weighted by Crippen LogP contribution is 2.27. The first-order valence-corrected chi connectivity index (χ1v) is 15.5. The third-order valence-electron chi connectivity index (χ3n) is 7.88. The van der Waals surface area contributed by atoms with E-state index in [9.17, 15) is 24.0 Å². The number of nitrogens with one attached hydrogen (secondary N) is 3. The van der Waals surface area contributed by atoms with Gasteiger partial charge < -0.3 is 25.4 Å². The molecule has 1 aliphatic carbocycles. The molecule has 4 rings (SSSR count). The molecule has 0 radical (unpaired) electrons. The maximum Gasteiger partial charge on any atom is 0.325 e. The summed E-state index contributed by atoms with van der Waals surface area (Å²) in [6, 6.07) is 20.0. The molecule has 0 unspecified atom stereocenters. The standard InChI is InChI=1S/C35H41N3O7/c1-2-45-31(39)21-36-35(43)32(40)30(23-44-22-25-13-7-4-8-14-25)38-34(42)29(19-24-11-5-3-6-12-24)37-33(41)28-18-17-26-15-9-10-16-27(26)20-28/h4,7-10,13-18,20,24,29-30H,2-3,5-6,11-12,19,21-23H2,1H3,(H,36,43)(H,37,41)(H,38,42)/t29-,30-/m0/s1. The lowest BCUT2D eigenvalue weighted by atomic mass is 9.84. The van der Waals surface area contributed by atoms with Gasteiger partial charge in [0.1, 0.15) is 18.6 Å². The quantitative estimate of drug-likeness (QED) is 0.174. The number of ether oxygens (including phenoxy) is 2. The van der Waals surface area contributed by atoms with E-state index in [2.05, 4.69) is 16.0 Å². The maximum atomic E-state index is 13.8. The van der Waals surface area contributed by atoms with Crippen LogP contribution in [0, 0.1) is 5.92 Å². The molecule has 3 aromatic rings. The minimum Gasteiger partial charge on any atom is -0.465 e. The van der Waals surface area contributed by atoms with Gasteiger partial charge in [0.2, 0.25) is 11.7 Å². The summed E-state index contributed by atoms with van der Waals surface area (Å²) in [7, 11) is 0. The molecule has 10 nitrogen and oxygen atoms in total. The summed E-state index contributed by atoms with van der Waals surface area (Å²) < 4.78 is 10.6. The fourth-order valence-corrected chi connectivity index (χ4v) is 5.49. The van der Waals surface area contributed by atoms with E-state index in [-0.39, 0.29) is 25.7 Å². The van der Waals surface area contributed by atoms with E-state index in [1.165, 1.54) is 0 Å². The Kier molecular flexibility index (Phi) is 12.6. The zero-order valence-corrected chi connectivity index (χ0v) is 25.6. The van der Waals surface area contributed by atoms with Gasteiger partial charge in [-0.15, -0.1) is 0 Å². The highest BCUT2D eigenvalue weighted by atomic mass is 16.5. The van der Waals surface area contributed by atoms with Gasteiger partial charge in [-0.1, -0.05) is 92.8 Å². The zero-order chi connectivity index (χ0) is 32.0. The second-order valence-electron chi connectivity index (χ2n) is 11.2. The monoisotopic (exact) mass is 615 g/mol. The first kappa shape index (κ1) is 33.3. The van der Waals surface area contributed by atoms with Crippen LogP contribution in [0.5, 0.6) is 0 Å². The largest absolute Gasteiger partial charge is 0.465 e. The van der Waals surface area contributed by atoms with Crippen molar-refractivity contribution in [3.8, 4) is 0 Å². The minimum atomic E-state index is -1.35. The third kappa shape index (κ3) is 10.2. The average molecular weight is 616 g/mol. The molecule has 0 bridgehead atoms. The number of hydrogen-bond acceptors (Lipinski definition) is 7. The van der Waals surface area contributed by atoms with E-state index >= 15 is 0 Å². The highest BCUT2D eigenvalue weighted by molar-refractivity contribution is 6.38. The summed E-state index contributed by atoms with van der Waals surface area (Å²) >= 11 is 0. The number of amides is 3. The molecule has 2 atom stereocenters. The van der Waals surface area contributed by atoms with E-state index in [1.807, 2.05) is 60.7 Å². The second-order valence-corrected chi connectivity index (χ2v) is 11.2. The van der Waals surface area contributed by atoms with Crippen molar-refractivity contribution in [1.29, 1.82) is 0 Å². The fourth-order valence-electron chi connectivity index (χ4n) is 5.49. The van der Waals surface area contributed by atoms with Gasteiger partial charge in [-0.3, -0.25) is 24.0 Å². The summed E-state index contributed by atoms with van der Waals surface area (Å²) in [5, 5.41) is 9.70. The van der Waals surface area contributed by atoms with Gasteiger partial charge in [0, 0.05) is 5.56 Å². The Balaban J connectivity index is 1.49. The van der Waals surface area contributed by atoms with Gasteiger partial charge in [0.25, 0.3) is 11.8 Å². The van der Waals surface area contributed by atoms with Crippen molar-refractivity contribution in [1.82, 2.24) is 16.0 Å². The second kappa shape index (κ2) is 17.1. The summed E-state index contributed by atoms with van der Waals surface area (Å²) in [5.41, 5.74) is 1.26. The Labute approximate surface area is 263 Å². The summed E-state index contributed by atoms with van der Waals surface area (Å²) in [4.78, 5) is 64.9. The van der Waals surface area contributed by atoms with Crippen LogP contribution in [-0.2, 0) is 35.3 Å².